The fourth-order valence-corrected chi connectivity index (χ4v) is 1.84. The van der Waals surface area contributed by atoms with Crippen molar-refractivity contribution in [3.8, 4) is 0 Å². The molecule has 0 aliphatic carbocycles. The molecule has 0 heterocycles. The molecule has 0 saturated carbocycles. The molecule has 2 rings (SSSR count). The number of rotatable bonds is 3. The van der Waals surface area contributed by atoms with Crippen LogP contribution in [0.2, 0.25) is 0 Å². The van der Waals surface area contributed by atoms with Gasteiger partial charge in [0.2, 0.25) is 0 Å². The maximum Gasteiger partial charge on any atom is 0.184 e. The van der Waals surface area contributed by atoms with Crippen molar-refractivity contribution in [3.05, 3.63) is 48.0 Å². The van der Waals surface area contributed by atoms with Crippen LogP contribution in [0.5, 0.6) is 0 Å². The minimum Gasteiger partial charge on any atom is -0.481 e. The van der Waals surface area contributed by atoms with Gasteiger partial charge in [0.05, 0.1) is 6.61 Å². The van der Waals surface area contributed by atoms with Crippen LogP contribution in [0.25, 0.3) is 10.8 Å². The lowest BCUT2D eigenvalue weighted by molar-refractivity contribution is 0.317. The van der Waals surface area contributed by atoms with Gasteiger partial charge in [0.1, 0.15) is 0 Å². The van der Waals surface area contributed by atoms with Crippen LogP contribution in [0.1, 0.15) is 12.5 Å². The lowest BCUT2D eigenvalue weighted by atomic mass is 10.0. The first-order valence-electron chi connectivity index (χ1n) is 5.48. The monoisotopic (exact) mass is 213 g/mol. The van der Waals surface area contributed by atoms with E-state index in [0.717, 1.165) is 5.56 Å². The molecule has 1 N–H and O–H groups in total. The van der Waals surface area contributed by atoms with E-state index in [1.807, 2.05) is 25.1 Å². The SMILES string of the molecule is CCOC(=N)Cc1cccc2ccccc12. The first-order chi connectivity index (χ1) is 7.81. The first-order valence-corrected chi connectivity index (χ1v) is 5.48. The van der Waals surface area contributed by atoms with Crippen molar-refractivity contribution >= 4 is 16.7 Å². The van der Waals surface area contributed by atoms with Gasteiger partial charge in [0, 0.05) is 6.42 Å². The van der Waals surface area contributed by atoms with Crippen LogP contribution in [0, 0.1) is 5.41 Å². The number of fused-ring (bicyclic) bond motifs is 1. The summed E-state index contributed by atoms with van der Waals surface area (Å²) in [5.41, 5.74) is 1.15. The molecular formula is C14H15NO. The Hall–Kier alpha value is -1.83. The van der Waals surface area contributed by atoms with Crippen LogP contribution in [-0.4, -0.2) is 12.5 Å². The van der Waals surface area contributed by atoms with E-state index in [2.05, 4.69) is 24.3 Å². The molecule has 82 valence electrons. The highest BCUT2D eigenvalue weighted by atomic mass is 16.5. The van der Waals surface area contributed by atoms with Crippen LogP contribution in [0.4, 0.5) is 0 Å². The highest BCUT2D eigenvalue weighted by Gasteiger charge is 2.03. The Morgan fingerprint density at radius 1 is 1.12 bits per heavy atom. The quantitative estimate of drug-likeness (QED) is 0.615. The standard InChI is InChI=1S/C14H15NO/c1-2-16-14(15)10-12-8-5-7-11-6-3-4-9-13(11)12/h3-9,15H,2,10H2,1H3. The average molecular weight is 213 g/mol. The molecule has 2 aromatic carbocycles. The maximum atomic E-state index is 7.68. The normalized spacial score (nSPS) is 10.3. The second-order valence-electron chi connectivity index (χ2n) is 3.67. The number of benzene rings is 2. The zero-order valence-corrected chi connectivity index (χ0v) is 9.36. The molecule has 0 atom stereocenters. The lowest BCUT2D eigenvalue weighted by Crippen LogP contribution is -2.06. The van der Waals surface area contributed by atoms with E-state index in [1.165, 1.54) is 10.8 Å². The highest BCUT2D eigenvalue weighted by Crippen LogP contribution is 2.19. The molecule has 0 fully saturated rings. The zero-order valence-electron chi connectivity index (χ0n) is 9.36. The van der Waals surface area contributed by atoms with E-state index in [4.69, 9.17) is 10.1 Å². The van der Waals surface area contributed by atoms with Gasteiger partial charge in [-0.3, -0.25) is 5.41 Å². The zero-order chi connectivity index (χ0) is 11.4. The van der Waals surface area contributed by atoms with E-state index >= 15 is 0 Å². The van der Waals surface area contributed by atoms with Crippen LogP contribution >= 0.6 is 0 Å². The van der Waals surface area contributed by atoms with Crippen molar-refractivity contribution in [2.45, 2.75) is 13.3 Å². The molecule has 0 radical (unpaired) electrons. The average Bonchev–Trinajstić information content (AvgIpc) is 2.30. The third-order valence-corrected chi connectivity index (χ3v) is 2.55. The van der Waals surface area contributed by atoms with E-state index in [9.17, 15) is 0 Å². The minimum absolute atomic E-state index is 0.332. The minimum atomic E-state index is 0.332. The summed E-state index contributed by atoms with van der Waals surface area (Å²) in [4.78, 5) is 0. The Morgan fingerprint density at radius 3 is 2.69 bits per heavy atom. The third kappa shape index (κ3) is 2.22. The van der Waals surface area contributed by atoms with Gasteiger partial charge in [-0.15, -0.1) is 0 Å². The summed E-state index contributed by atoms with van der Waals surface area (Å²) in [5.74, 6) is 0.332. The molecule has 0 saturated heterocycles. The molecule has 2 nitrogen and oxygen atoms in total. The predicted octanol–water partition coefficient (Wildman–Crippen LogP) is 3.40. The summed E-state index contributed by atoms with van der Waals surface area (Å²) in [6, 6.07) is 14.4. The Bertz CT molecular complexity index is 500. The van der Waals surface area contributed by atoms with Gasteiger partial charge < -0.3 is 4.74 Å². The number of ether oxygens (including phenoxy) is 1. The predicted molar refractivity (Wildman–Crippen MR) is 67.0 cm³/mol. The molecule has 0 bridgehead atoms. The third-order valence-electron chi connectivity index (χ3n) is 2.55. The number of hydrogen-bond donors (Lipinski definition) is 1. The summed E-state index contributed by atoms with van der Waals surface area (Å²) < 4.78 is 5.18. The Balaban J connectivity index is 2.33. The number of nitrogens with one attached hydrogen (secondary N) is 1. The smallest absolute Gasteiger partial charge is 0.184 e. The Morgan fingerprint density at radius 2 is 1.88 bits per heavy atom. The molecule has 0 aromatic heterocycles. The molecule has 2 aromatic rings. The summed E-state index contributed by atoms with van der Waals surface area (Å²) in [5, 5.41) is 10.1. The Labute approximate surface area is 95.4 Å². The van der Waals surface area contributed by atoms with E-state index in [1.54, 1.807) is 0 Å². The van der Waals surface area contributed by atoms with Crippen molar-refractivity contribution in [1.82, 2.24) is 0 Å². The highest BCUT2D eigenvalue weighted by molar-refractivity contribution is 5.89. The van der Waals surface area contributed by atoms with Crippen LogP contribution in [0.3, 0.4) is 0 Å². The van der Waals surface area contributed by atoms with Crippen molar-refractivity contribution in [2.24, 2.45) is 0 Å². The van der Waals surface area contributed by atoms with Gasteiger partial charge in [0.25, 0.3) is 0 Å². The molecular weight excluding hydrogens is 198 g/mol. The molecule has 0 aliphatic heterocycles. The molecule has 0 unspecified atom stereocenters. The fourth-order valence-electron chi connectivity index (χ4n) is 1.84. The maximum absolute atomic E-state index is 7.68. The van der Waals surface area contributed by atoms with Crippen molar-refractivity contribution in [2.75, 3.05) is 6.61 Å². The van der Waals surface area contributed by atoms with Crippen molar-refractivity contribution in [3.63, 3.8) is 0 Å². The first kappa shape index (κ1) is 10.7. The van der Waals surface area contributed by atoms with Crippen LogP contribution in [-0.2, 0) is 11.2 Å². The van der Waals surface area contributed by atoms with Crippen molar-refractivity contribution < 1.29 is 4.74 Å². The molecule has 0 aliphatic rings. The molecule has 0 spiro atoms. The summed E-state index contributed by atoms with van der Waals surface area (Å²) >= 11 is 0. The van der Waals surface area contributed by atoms with Crippen molar-refractivity contribution in [1.29, 1.82) is 5.41 Å². The van der Waals surface area contributed by atoms with Gasteiger partial charge in [0.15, 0.2) is 5.90 Å². The fraction of sp³-hybridized carbons (Fsp3) is 0.214. The molecule has 16 heavy (non-hydrogen) atoms. The molecule has 2 heteroatoms. The largest absolute Gasteiger partial charge is 0.481 e. The van der Waals surface area contributed by atoms with Crippen LogP contribution in [0.15, 0.2) is 42.5 Å². The van der Waals surface area contributed by atoms with Crippen LogP contribution < -0.4 is 0 Å². The van der Waals surface area contributed by atoms with E-state index in [-0.39, 0.29) is 0 Å². The Kier molecular flexibility index (Phi) is 3.20. The second-order valence-corrected chi connectivity index (χ2v) is 3.67. The lowest BCUT2D eigenvalue weighted by Gasteiger charge is -2.07. The van der Waals surface area contributed by atoms with Gasteiger partial charge in [-0.25, -0.2) is 0 Å². The van der Waals surface area contributed by atoms with E-state index in [0.29, 0.717) is 18.9 Å². The van der Waals surface area contributed by atoms with Gasteiger partial charge in [-0.05, 0) is 23.3 Å². The van der Waals surface area contributed by atoms with Gasteiger partial charge in [-0.1, -0.05) is 42.5 Å². The summed E-state index contributed by atoms with van der Waals surface area (Å²) in [6.45, 7) is 2.46. The summed E-state index contributed by atoms with van der Waals surface area (Å²) in [6.07, 6.45) is 0.565. The summed E-state index contributed by atoms with van der Waals surface area (Å²) in [7, 11) is 0. The molecule has 0 amide bonds. The second kappa shape index (κ2) is 4.79. The topological polar surface area (TPSA) is 33.1 Å². The van der Waals surface area contributed by atoms with Gasteiger partial charge >= 0.3 is 0 Å². The number of hydrogen-bond acceptors (Lipinski definition) is 2. The van der Waals surface area contributed by atoms with Gasteiger partial charge in [-0.2, -0.15) is 0 Å². The van der Waals surface area contributed by atoms with E-state index < -0.39 is 0 Å².